The molecule has 2 N–H and O–H groups in total. The Morgan fingerprint density at radius 2 is 2.00 bits per heavy atom. The van der Waals surface area contributed by atoms with Crippen molar-refractivity contribution in [2.75, 3.05) is 30.0 Å². The molecular weight excluding hydrogens is 248 g/mol. The first-order chi connectivity index (χ1) is 8.24. The molecule has 0 saturated carbocycles. The van der Waals surface area contributed by atoms with E-state index in [1.54, 1.807) is 0 Å². The fraction of sp³-hybridized carbons (Fsp3) is 0.462. The number of thioether (sulfide) groups is 1. The average Bonchev–Trinajstić information content (AvgIpc) is 2.34. The zero-order valence-electron chi connectivity index (χ0n) is 10.3. The highest BCUT2D eigenvalue weighted by molar-refractivity contribution is 7.98. The van der Waals surface area contributed by atoms with Crippen LogP contribution in [-0.4, -0.2) is 30.1 Å². The maximum absolute atomic E-state index is 5.57. The van der Waals surface area contributed by atoms with Crippen LogP contribution in [0.15, 0.2) is 30.3 Å². The van der Waals surface area contributed by atoms with Crippen LogP contribution in [0.25, 0.3) is 0 Å². The van der Waals surface area contributed by atoms with Gasteiger partial charge in [-0.2, -0.15) is 11.8 Å². The van der Waals surface area contributed by atoms with Gasteiger partial charge in [0, 0.05) is 25.2 Å². The molecule has 0 heterocycles. The van der Waals surface area contributed by atoms with Crippen LogP contribution in [0.5, 0.6) is 0 Å². The van der Waals surface area contributed by atoms with E-state index in [0.717, 1.165) is 19.5 Å². The summed E-state index contributed by atoms with van der Waals surface area (Å²) in [7, 11) is 0. The summed E-state index contributed by atoms with van der Waals surface area (Å²) in [6.45, 7) is 1.97. The minimum atomic E-state index is 0.593. The highest BCUT2D eigenvalue weighted by Gasteiger charge is 2.05. The minimum Gasteiger partial charge on any atom is -0.393 e. The van der Waals surface area contributed by atoms with Gasteiger partial charge in [0.25, 0.3) is 0 Å². The van der Waals surface area contributed by atoms with Crippen molar-refractivity contribution in [3.8, 4) is 0 Å². The molecule has 4 heteroatoms. The Morgan fingerprint density at radius 3 is 2.59 bits per heavy atom. The van der Waals surface area contributed by atoms with Gasteiger partial charge in [0.15, 0.2) is 0 Å². The van der Waals surface area contributed by atoms with Gasteiger partial charge in [-0.3, -0.25) is 0 Å². The maximum Gasteiger partial charge on any atom is 0.0745 e. The fourth-order valence-electron chi connectivity index (χ4n) is 1.65. The van der Waals surface area contributed by atoms with Crippen LogP contribution in [0.2, 0.25) is 0 Å². The molecule has 0 aliphatic carbocycles. The van der Waals surface area contributed by atoms with Crippen LogP contribution in [0.3, 0.4) is 0 Å². The lowest BCUT2D eigenvalue weighted by Crippen LogP contribution is -2.28. The van der Waals surface area contributed by atoms with E-state index in [0.29, 0.717) is 4.99 Å². The standard InChI is InChI=1S/C13H20N2S2/c1-17-11-5-9-15(10-8-13(14)16)12-6-3-2-4-7-12/h2-4,6-7H,5,8-11H2,1H3,(H2,14,16). The van der Waals surface area contributed by atoms with Crippen molar-refractivity contribution >= 4 is 34.7 Å². The van der Waals surface area contributed by atoms with E-state index in [1.165, 1.54) is 17.9 Å². The lowest BCUT2D eigenvalue weighted by atomic mass is 10.2. The second-order valence-corrected chi connectivity index (χ2v) is 5.40. The molecule has 0 fully saturated rings. The third-order valence-corrected chi connectivity index (χ3v) is 3.43. The van der Waals surface area contributed by atoms with Gasteiger partial charge in [0.05, 0.1) is 4.99 Å². The second-order valence-electron chi connectivity index (χ2n) is 3.89. The molecule has 0 aliphatic rings. The Kier molecular flexibility index (Phi) is 7.05. The number of hydrogen-bond acceptors (Lipinski definition) is 3. The Bertz CT molecular complexity index is 327. The third kappa shape index (κ3) is 5.94. The minimum absolute atomic E-state index is 0.593. The van der Waals surface area contributed by atoms with Gasteiger partial charge in [-0.1, -0.05) is 30.4 Å². The van der Waals surface area contributed by atoms with E-state index in [9.17, 15) is 0 Å². The molecule has 0 spiro atoms. The third-order valence-electron chi connectivity index (χ3n) is 2.53. The number of para-hydroxylation sites is 1. The van der Waals surface area contributed by atoms with Crippen molar-refractivity contribution in [1.29, 1.82) is 0 Å². The van der Waals surface area contributed by atoms with Crippen LogP contribution >= 0.6 is 24.0 Å². The van der Waals surface area contributed by atoms with Crippen molar-refractivity contribution in [2.24, 2.45) is 5.73 Å². The predicted octanol–water partition coefficient (Wildman–Crippen LogP) is 2.92. The first-order valence-corrected chi connectivity index (χ1v) is 7.61. The van der Waals surface area contributed by atoms with Crippen molar-refractivity contribution < 1.29 is 0 Å². The molecule has 0 radical (unpaired) electrons. The van der Waals surface area contributed by atoms with Crippen molar-refractivity contribution in [2.45, 2.75) is 12.8 Å². The summed E-state index contributed by atoms with van der Waals surface area (Å²) in [5.74, 6) is 1.19. The number of benzene rings is 1. The largest absolute Gasteiger partial charge is 0.393 e. The maximum atomic E-state index is 5.57. The number of rotatable bonds is 8. The summed E-state index contributed by atoms with van der Waals surface area (Å²) in [6, 6.07) is 10.4. The fourth-order valence-corrected chi connectivity index (χ4v) is 2.16. The molecule has 17 heavy (non-hydrogen) atoms. The summed E-state index contributed by atoms with van der Waals surface area (Å²) in [6.07, 6.45) is 4.11. The van der Waals surface area contributed by atoms with Crippen LogP contribution in [0.1, 0.15) is 12.8 Å². The number of anilines is 1. The van der Waals surface area contributed by atoms with Gasteiger partial charge < -0.3 is 10.6 Å². The Balaban J connectivity index is 2.55. The van der Waals surface area contributed by atoms with Gasteiger partial charge in [0.2, 0.25) is 0 Å². The molecule has 94 valence electrons. The second kappa shape index (κ2) is 8.37. The normalized spacial score (nSPS) is 10.2. The van der Waals surface area contributed by atoms with E-state index < -0.39 is 0 Å². The summed E-state index contributed by atoms with van der Waals surface area (Å²) in [4.78, 5) is 2.95. The lowest BCUT2D eigenvalue weighted by Gasteiger charge is -2.24. The molecule has 0 bridgehead atoms. The van der Waals surface area contributed by atoms with E-state index in [2.05, 4.69) is 35.4 Å². The first kappa shape index (κ1) is 14.3. The van der Waals surface area contributed by atoms with E-state index in [4.69, 9.17) is 18.0 Å². The molecule has 2 nitrogen and oxygen atoms in total. The van der Waals surface area contributed by atoms with Crippen molar-refractivity contribution in [1.82, 2.24) is 0 Å². The van der Waals surface area contributed by atoms with Crippen molar-refractivity contribution in [3.63, 3.8) is 0 Å². The highest BCUT2D eigenvalue weighted by atomic mass is 32.2. The lowest BCUT2D eigenvalue weighted by molar-refractivity contribution is 0.779. The van der Waals surface area contributed by atoms with E-state index in [-0.39, 0.29) is 0 Å². The van der Waals surface area contributed by atoms with Crippen LogP contribution in [-0.2, 0) is 0 Å². The topological polar surface area (TPSA) is 29.3 Å². The molecule has 0 amide bonds. The Morgan fingerprint density at radius 1 is 1.29 bits per heavy atom. The molecule has 0 saturated heterocycles. The Hall–Kier alpha value is -0.740. The number of thiocarbonyl (C=S) groups is 1. The SMILES string of the molecule is CSCCCN(CCC(N)=S)c1ccccc1. The smallest absolute Gasteiger partial charge is 0.0745 e. The summed E-state index contributed by atoms with van der Waals surface area (Å²) >= 11 is 6.83. The number of hydrogen-bond donors (Lipinski definition) is 1. The molecule has 0 aromatic heterocycles. The molecule has 0 unspecified atom stereocenters. The Labute approximate surface area is 114 Å². The molecule has 1 aromatic carbocycles. The van der Waals surface area contributed by atoms with Crippen LogP contribution in [0, 0.1) is 0 Å². The van der Waals surface area contributed by atoms with Gasteiger partial charge in [-0.25, -0.2) is 0 Å². The molecule has 1 aromatic rings. The zero-order chi connectivity index (χ0) is 12.5. The number of nitrogens with zero attached hydrogens (tertiary/aromatic N) is 1. The molecule has 0 atom stereocenters. The summed E-state index contributed by atoms with van der Waals surface area (Å²) < 4.78 is 0. The highest BCUT2D eigenvalue weighted by Crippen LogP contribution is 2.14. The first-order valence-electron chi connectivity index (χ1n) is 5.81. The van der Waals surface area contributed by atoms with E-state index >= 15 is 0 Å². The molecule has 1 rings (SSSR count). The van der Waals surface area contributed by atoms with Gasteiger partial charge in [-0.15, -0.1) is 0 Å². The quantitative estimate of drug-likeness (QED) is 0.580. The van der Waals surface area contributed by atoms with Crippen LogP contribution < -0.4 is 10.6 Å². The van der Waals surface area contributed by atoms with E-state index in [1.807, 2.05) is 17.8 Å². The predicted molar refractivity (Wildman–Crippen MR) is 83.1 cm³/mol. The van der Waals surface area contributed by atoms with Gasteiger partial charge in [-0.05, 0) is 30.6 Å². The molecule has 0 aliphatic heterocycles. The number of nitrogens with two attached hydrogens (primary N) is 1. The van der Waals surface area contributed by atoms with Gasteiger partial charge >= 0.3 is 0 Å². The average molecular weight is 268 g/mol. The summed E-state index contributed by atoms with van der Waals surface area (Å²) in [5.41, 5.74) is 6.83. The van der Waals surface area contributed by atoms with Crippen LogP contribution in [0.4, 0.5) is 5.69 Å². The summed E-state index contributed by atoms with van der Waals surface area (Å²) in [5, 5.41) is 0. The zero-order valence-corrected chi connectivity index (χ0v) is 11.9. The van der Waals surface area contributed by atoms with Gasteiger partial charge in [0.1, 0.15) is 0 Å². The molecular formula is C13H20N2S2. The van der Waals surface area contributed by atoms with Crippen molar-refractivity contribution in [3.05, 3.63) is 30.3 Å². The monoisotopic (exact) mass is 268 g/mol.